The Labute approximate surface area is 179 Å². The smallest absolute Gasteiger partial charge is 0.262 e. The van der Waals surface area contributed by atoms with Gasteiger partial charge in [-0.2, -0.15) is 0 Å². The van der Waals surface area contributed by atoms with Gasteiger partial charge in [-0.05, 0) is 36.1 Å². The fourth-order valence-corrected chi connectivity index (χ4v) is 3.90. The number of halogens is 1. The van der Waals surface area contributed by atoms with E-state index in [0.717, 1.165) is 12.0 Å². The van der Waals surface area contributed by atoms with E-state index in [1.54, 1.807) is 16.7 Å². The van der Waals surface area contributed by atoms with Crippen LogP contribution in [0.3, 0.4) is 0 Å². The molecule has 0 fully saturated rings. The van der Waals surface area contributed by atoms with Crippen LogP contribution in [-0.2, 0) is 11.3 Å². The number of fused-ring (bicyclic) bond motifs is 1. The van der Waals surface area contributed by atoms with Gasteiger partial charge in [-0.1, -0.05) is 67.5 Å². The van der Waals surface area contributed by atoms with Crippen molar-refractivity contribution >= 4 is 40.2 Å². The normalized spacial score (nSPS) is 11.2. The molecular weight excluding hydrogens is 406 g/mol. The third-order valence-electron chi connectivity index (χ3n) is 4.49. The Morgan fingerprint density at radius 2 is 1.90 bits per heavy atom. The van der Waals surface area contributed by atoms with Crippen molar-refractivity contribution in [2.24, 2.45) is 5.92 Å². The Balaban J connectivity index is 1.87. The number of aromatic nitrogens is 2. The number of hydrogen-bond donors (Lipinski definition) is 1. The fourth-order valence-electron chi connectivity index (χ4n) is 2.88. The van der Waals surface area contributed by atoms with Crippen LogP contribution in [0.4, 0.5) is 0 Å². The van der Waals surface area contributed by atoms with Gasteiger partial charge < -0.3 is 5.32 Å². The number of nitrogens with zero attached hydrogens (tertiary/aromatic N) is 2. The second-order valence-corrected chi connectivity index (χ2v) is 8.57. The van der Waals surface area contributed by atoms with Gasteiger partial charge in [0.15, 0.2) is 5.16 Å². The molecule has 0 aliphatic heterocycles. The van der Waals surface area contributed by atoms with Crippen molar-refractivity contribution in [3.63, 3.8) is 0 Å². The highest BCUT2D eigenvalue weighted by Gasteiger charge is 2.14. The third kappa shape index (κ3) is 5.61. The molecular formula is C22H24ClN3O2S. The molecule has 0 saturated heterocycles. The summed E-state index contributed by atoms with van der Waals surface area (Å²) >= 11 is 7.57. The first-order valence-corrected chi connectivity index (χ1v) is 10.9. The summed E-state index contributed by atoms with van der Waals surface area (Å²) in [6.07, 6.45) is 0.932. The lowest BCUT2D eigenvalue weighted by molar-refractivity contribution is -0.118. The molecule has 0 aliphatic carbocycles. The zero-order valence-corrected chi connectivity index (χ0v) is 18.1. The molecule has 152 valence electrons. The number of hydrogen-bond acceptors (Lipinski definition) is 4. The number of amides is 1. The molecule has 1 heterocycles. The number of carbonyl (C=O) groups excluding carboxylic acids is 1. The summed E-state index contributed by atoms with van der Waals surface area (Å²) in [7, 11) is 0. The van der Waals surface area contributed by atoms with Crippen LogP contribution >= 0.6 is 23.4 Å². The van der Waals surface area contributed by atoms with Crippen molar-refractivity contribution in [3.05, 3.63) is 69.5 Å². The van der Waals surface area contributed by atoms with Crippen molar-refractivity contribution in [1.82, 2.24) is 14.9 Å². The van der Waals surface area contributed by atoms with Crippen molar-refractivity contribution < 1.29 is 4.79 Å². The molecule has 1 aromatic heterocycles. The Morgan fingerprint density at radius 3 is 2.66 bits per heavy atom. The van der Waals surface area contributed by atoms with Crippen LogP contribution in [0.5, 0.6) is 0 Å². The summed E-state index contributed by atoms with van der Waals surface area (Å²) in [5.74, 6) is 0.666. The summed E-state index contributed by atoms with van der Waals surface area (Å²) in [6, 6.07) is 14.7. The molecule has 5 nitrogen and oxygen atoms in total. The van der Waals surface area contributed by atoms with Crippen LogP contribution in [0, 0.1) is 5.92 Å². The molecule has 1 amide bonds. The quantitative estimate of drug-likeness (QED) is 0.427. The highest BCUT2D eigenvalue weighted by molar-refractivity contribution is 7.99. The van der Waals surface area contributed by atoms with Crippen LogP contribution in [0.2, 0.25) is 5.02 Å². The topological polar surface area (TPSA) is 64.0 Å². The van der Waals surface area contributed by atoms with Gasteiger partial charge >= 0.3 is 0 Å². The van der Waals surface area contributed by atoms with Gasteiger partial charge in [-0.25, -0.2) is 4.98 Å². The SMILES string of the molecule is CC(C)CCNC(=O)CSc1nc2ccccc2c(=O)n1Cc1ccccc1Cl. The largest absolute Gasteiger partial charge is 0.355 e. The minimum Gasteiger partial charge on any atom is -0.355 e. The van der Waals surface area contributed by atoms with Crippen molar-refractivity contribution in [3.8, 4) is 0 Å². The van der Waals surface area contributed by atoms with Crippen LogP contribution in [-0.4, -0.2) is 27.8 Å². The molecule has 1 N–H and O–H groups in total. The molecule has 3 aromatic rings. The maximum absolute atomic E-state index is 13.1. The number of benzene rings is 2. The van der Waals surface area contributed by atoms with Crippen molar-refractivity contribution in [1.29, 1.82) is 0 Å². The van der Waals surface area contributed by atoms with E-state index < -0.39 is 0 Å². The fraction of sp³-hybridized carbons (Fsp3) is 0.318. The lowest BCUT2D eigenvalue weighted by atomic mass is 10.1. The molecule has 29 heavy (non-hydrogen) atoms. The molecule has 0 aliphatic rings. The van der Waals surface area contributed by atoms with E-state index in [0.29, 0.717) is 40.1 Å². The van der Waals surface area contributed by atoms with E-state index >= 15 is 0 Å². The highest BCUT2D eigenvalue weighted by Crippen LogP contribution is 2.21. The molecule has 3 rings (SSSR count). The summed E-state index contributed by atoms with van der Waals surface area (Å²) in [5.41, 5.74) is 1.31. The minimum atomic E-state index is -0.141. The maximum Gasteiger partial charge on any atom is 0.262 e. The second kappa shape index (κ2) is 9.94. The first-order valence-electron chi connectivity index (χ1n) is 9.58. The molecule has 0 saturated carbocycles. The summed E-state index contributed by atoms with van der Waals surface area (Å²) in [4.78, 5) is 30.0. The van der Waals surface area contributed by atoms with E-state index in [-0.39, 0.29) is 17.2 Å². The van der Waals surface area contributed by atoms with E-state index in [4.69, 9.17) is 11.6 Å². The lowest BCUT2D eigenvalue weighted by Gasteiger charge is -2.14. The van der Waals surface area contributed by atoms with E-state index in [9.17, 15) is 9.59 Å². The first kappa shape index (κ1) is 21.4. The number of rotatable bonds is 8. The van der Waals surface area contributed by atoms with Gasteiger partial charge in [0, 0.05) is 11.6 Å². The van der Waals surface area contributed by atoms with Gasteiger partial charge in [0.05, 0.1) is 23.2 Å². The van der Waals surface area contributed by atoms with Crippen LogP contribution in [0.15, 0.2) is 58.5 Å². The molecule has 2 aromatic carbocycles. The minimum absolute atomic E-state index is 0.0673. The molecule has 0 spiro atoms. The van der Waals surface area contributed by atoms with E-state index in [1.165, 1.54) is 11.8 Å². The average molecular weight is 430 g/mol. The Morgan fingerprint density at radius 1 is 1.17 bits per heavy atom. The molecule has 0 atom stereocenters. The first-order chi connectivity index (χ1) is 14.0. The number of nitrogens with one attached hydrogen (secondary N) is 1. The number of thioether (sulfide) groups is 1. The molecule has 0 unspecified atom stereocenters. The zero-order valence-electron chi connectivity index (χ0n) is 16.5. The van der Waals surface area contributed by atoms with Gasteiger partial charge in [-0.15, -0.1) is 0 Å². The predicted octanol–water partition coefficient (Wildman–Crippen LogP) is 4.35. The van der Waals surface area contributed by atoms with E-state index in [1.807, 2.05) is 36.4 Å². The standard InChI is InChI=1S/C22H24ClN3O2S/c1-15(2)11-12-24-20(27)14-29-22-25-19-10-6-4-8-17(19)21(28)26(22)13-16-7-3-5-9-18(16)23/h3-10,15H,11-14H2,1-2H3,(H,24,27). The Bertz CT molecular complexity index is 1070. The second-order valence-electron chi connectivity index (χ2n) is 7.22. The van der Waals surface area contributed by atoms with Crippen LogP contribution in [0.1, 0.15) is 25.8 Å². The van der Waals surface area contributed by atoms with E-state index in [2.05, 4.69) is 24.1 Å². The Hall–Kier alpha value is -2.31. The lowest BCUT2D eigenvalue weighted by Crippen LogP contribution is -2.28. The third-order valence-corrected chi connectivity index (χ3v) is 5.83. The van der Waals surface area contributed by atoms with Crippen LogP contribution in [0.25, 0.3) is 10.9 Å². The number of carbonyl (C=O) groups is 1. The van der Waals surface area contributed by atoms with Gasteiger partial charge in [0.2, 0.25) is 5.91 Å². The number of para-hydroxylation sites is 1. The predicted molar refractivity (Wildman–Crippen MR) is 120 cm³/mol. The molecule has 0 radical (unpaired) electrons. The summed E-state index contributed by atoms with van der Waals surface area (Å²) in [6.45, 7) is 5.18. The molecule has 7 heteroatoms. The van der Waals surface area contributed by atoms with Crippen molar-refractivity contribution in [2.45, 2.75) is 32.0 Å². The zero-order chi connectivity index (χ0) is 20.8. The van der Waals surface area contributed by atoms with Crippen molar-refractivity contribution in [2.75, 3.05) is 12.3 Å². The molecule has 0 bridgehead atoms. The van der Waals surface area contributed by atoms with Gasteiger partial charge in [0.25, 0.3) is 5.56 Å². The average Bonchev–Trinajstić information content (AvgIpc) is 2.70. The summed E-state index contributed by atoms with van der Waals surface area (Å²) < 4.78 is 1.59. The monoisotopic (exact) mass is 429 g/mol. The highest BCUT2D eigenvalue weighted by atomic mass is 35.5. The van der Waals surface area contributed by atoms with Gasteiger partial charge in [-0.3, -0.25) is 14.2 Å². The van der Waals surface area contributed by atoms with Gasteiger partial charge in [0.1, 0.15) is 0 Å². The Kier molecular flexibility index (Phi) is 7.34. The maximum atomic E-state index is 13.1. The summed E-state index contributed by atoms with van der Waals surface area (Å²) in [5, 5.41) is 4.56. The van der Waals surface area contributed by atoms with Crippen LogP contribution < -0.4 is 10.9 Å².